The van der Waals surface area contributed by atoms with Crippen molar-refractivity contribution in [3.8, 4) is 28.6 Å². The fourth-order valence-corrected chi connectivity index (χ4v) is 2.89. The maximum Gasteiger partial charge on any atom is 0.416 e. The molecule has 2 aromatic carbocycles. The minimum absolute atomic E-state index is 0.0329. The van der Waals surface area contributed by atoms with E-state index >= 15 is 0 Å². The summed E-state index contributed by atoms with van der Waals surface area (Å²) in [5.74, 6) is -2.12. The largest absolute Gasteiger partial charge is 0.507 e. The Bertz CT molecular complexity index is 1170. The Morgan fingerprint density at radius 3 is 2.24 bits per heavy atom. The number of allylic oxidation sites excluding steroid dienone is 2. The van der Waals surface area contributed by atoms with Crippen LogP contribution >= 0.6 is 0 Å². The van der Waals surface area contributed by atoms with Crippen LogP contribution in [0.15, 0.2) is 51.2 Å². The van der Waals surface area contributed by atoms with Gasteiger partial charge in [0.1, 0.15) is 22.5 Å². The Kier molecular flexibility index (Phi) is 5.04. The van der Waals surface area contributed by atoms with Gasteiger partial charge in [0.25, 0.3) is 0 Å². The number of benzene rings is 2. The number of phenolic OH excluding ortho intramolecular Hbond substituents is 2. The standard InChI is InChI=1S/C21H17F3O5/c1-10(2)3-8-13-14(25)9-15(26)16-17(27)18(28)19(29-20(13)16)11-4-6-12(7-5-11)21(22,23)24/h3-7,9,25-26,28H,8H2,1-2H3. The Morgan fingerprint density at radius 1 is 1.07 bits per heavy atom. The van der Waals surface area contributed by atoms with Crippen LogP contribution in [0.3, 0.4) is 0 Å². The van der Waals surface area contributed by atoms with Gasteiger partial charge in [0.15, 0.2) is 5.76 Å². The van der Waals surface area contributed by atoms with Crippen LogP contribution in [0, 0.1) is 0 Å². The van der Waals surface area contributed by atoms with Gasteiger partial charge in [-0.3, -0.25) is 4.79 Å². The third-order valence-corrected chi connectivity index (χ3v) is 4.39. The lowest BCUT2D eigenvalue weighted by atomic mass is 10.0. The SMILES string of the molecule is CC(C)=CCc1c(O)cc(O)c2c(=O)c(O)c(-c3ccc(C(F)(F)F)cc3)oc12. The van der Waals surface area contributed by atoms with Gasteiger partial charge in [-0.25, -0.2) is 0 Å². The Labute approximate surface area is 163 Å². The zero-order chi connectivity index (χ0) is 21.5. The predicted octanol–water partition coefficient (Wildman–Crippen LogP) is 5.10. The zero-order valence-corrected chi connectivity index (χ0v) is 15.5. The summed E-state index contributed by atoms with van der Waals surface area (Å²) in [6, 6.07) is 4.69. The van der Waals surface area contributed by atoms with Gasteiger partial charge in [0.2, 0.25) is 11.2 Å². The maximum atomic E-state index is 12.8. The van der Waals surface area contributed by atoms with E-state index in [2.05, 4.69) is 0 Å². The summed E-state index contributed by atoms with van der Waals surface area (Å²) >= 11 is 0. The Morgan fingerprint density at radius 2 is 1.69 bits per heavy atom. The third kappa shape index (κ3) is 3.78. The van der Waals surface area contributed by atoms with Crippen LogP contribution in [-0.4, -0.2) is 15.3 Å². The lowest BCUT2D eigenvalue weighted by Gasteiger charge is -2.12. The molecule has 0 radical (unpaired) electrons. The average Bonchev–Trinajstić information content (AvgIpc) is 2.63. The molecule has 0 unspecified atom stereocenters. The highest BCUT2D eigenvalue weighted by Crippen LogP contribution is 2.39. The van der Waals surface area contributed by atoms with Gasteiger partial charge in [-0.1, -0.05) is 23.8 Å². The molecule has 0 aliphatic carbocycles. The van der Waals surface area contributed by atoms with E-state index < -0.39 is 28.7 Å². The molecular weight excluding hydrogens is 389 g/mol. The summed E-state index contributed by atoms with van der Waals surface area (Å²) in [6.07, 6.45) is -2.61. The fraction of sp³-hybridized carbons (Fsp3) is 0.190. The van der Waals surface area contributed by atoms with E-state index in [1.807, 2.05) is 13.8 Å². The summed E-state index contributed by atoms with van der Waals surface area (Å²) in [5.41, 5.74) is -0.859. The number of aromatic hydroxyl groups is 3. The van der Waals surface area contributed by atoms with E-state index in [4.69, 9.17) is 4.42 Å². The van der Waals surface area contributed by atoms with Gasteiger partial charge in [-0.2, -0.15) is 13.2 Å². The highest BCUT2D eigenvalue weighted by Gasteiger charge is 2.30. The van der Waals surface area contributed by atoms with E-state index in [9.17, 15) is 33.3 Å². The molecule has 0 aliphatic rings. The second-order valence-corrected chi connectivity index (χ2v) is 6.77. The van der Waals surface area contributed by atoms with Crippen LogP contribution in [0.5, 0.6) is 17.2 Å². The molecule has 5 nitrogen and oxygen atoms in total. The first-order chi connectivity index (χ1) is 13.5. The summed E-state index contributed by atoms with van der Waals surface area (Å²) in [6.45, 7) is 3.66. The van der Waals surface area contributed by atoms with Crippen molar-refractivity contribution in [2.45, 2.75) is 26.4 Å². The number of fused-ring (bicyclic) bond motifs is 1. The molecule has 0 fully saturated rings. The van der Waals surface area contributed by atoms with Gasteiger partial charge in [-0.05, 0) is 32.4 Å². The van der Waals surface area contributed by atoms with Crippen molar-refractivity contribution < 1.29 is 32.9 Å². The molecular formula is C21H17F3O5. The second kappa shape index (κ2) is 7.20. The Balaban J connectivity index is 2.29. The van der Waals surface area contributed by atoms with Crippen LogP contribution in [0.4, 0.5) is 13.2 Å². The van der Waals surface area contributed by atoms with Crippen molar-refractivity contribution in [3.63, 3.8) is 0 Å². The Hall–Kier alpha value is -3.42. The first kappa shape index (κ1) is 20.3. The molecule has 152 valence electrons. The van der Waals surface area contributed by atoms with Gasteiger partial charge in [-0.15, -0.1) is 0 Å². The van der Waals surface area contributed by atoms with Gasteiger partial charge >= 0.3 is 6.18 Å². The quantitative estimate of drug-likeness (QED) is 0.526. The van der Waals surface area contributed by atoms with Crippen molar-refractivity contribution in [2.24, 2.45) is 0 Å². The van der Waals surface area contributed by atoms with Gasteiger partial charge in [0.05, 0.1) is 5.56 Å². The van der Waals surface area contributed by atoms with Crippen molar-refractivity contribution in [2.75, 3.05) is 0 Å². The predicted molar refractivity (Wildman–Crippen MR) is 101 cm³/mol. The molecule has 0 spiro atoms. The molecule has 0 atom stereocenters. The van der Waals surface area contributed by atoms with E-state index in [0.29, 0.717) is 0 Å². The van der Waals surface area contributed by atoms with Crippen LogP contribution in [0.2, 0.25) is 0 Å². The van der Waals surface area contributed by atoms with Gasteiger partial charge < -0.3 is 19.7 Å². The van der Waals surface area contributed by atoms with Gasteiger partial charge in [0, 0.05) is 17.2 Å². The maximum absolute atomic E-state index is 12.8. The van der Waals surface area contributed by atoms with Crippen molar-refractivity contribution in [1.29, 1.82) is 0 Å². The summed E-state index contributed by atoms with van der Waals surface area (Å²) in [5, 5.41) is 30.2. The molecule has 3 rings (SSSR count). The van der Waals surface area contributed by atoms with Crippen molar-refractivity contribution >= 4 is 11.0 Å². The van der Waals surface area contributed by atoms with Crippen molar-refractivity contribution in [3.05, 3.63) is 63.3 Å². The molecule has 3 aromatic rings. The first-order valence-corrected chi connectivity index (χ1v) is 8.55. The minimum atomic E-state index is -4.54. The number of alkyl halides is 3. The average molecular weight is 406 g/mol. The zero-order valence-electron chi connectivity index (χ0n) is 15.5. The molecule has 1 aromatic heterocycles. The molecule has 1 heterocycles. The number of hydrogen-bond donors (Lipinski definition) is 3. The molecule has 29 heavy (non-hydrogen) atoms. The monoisotopic (exact) mass is 406 g/mol. The molecule has 0 aliphatic heterocycles. The van der Waals surface area contributed by atoms with E-state index in [1.54, 1.807) is 6.08 Å². The van der Waals surface area contributed by atoms with Crippen LogP contribution in [0.25, 0.3) is 22.3 Å². The summed E-state index contributed by atoms with van der Waals surface area (Å²) in [4.78, 5) is 12.6. The topological polar surface area (TPSA) is 90.9 Å². The normalized spacial score (nSPS) is 11.6. The third-order valence-electron chi connectivity index (χ3n) is 4.39. The van der Waals surface area contributed by atoms with Crippen LogP contribution in [-0.2, 0) is 12.6 Å². The minimum Gasteiger partial charge on any atom is -0.507 e. The highest BCUT2D eigenvalue weighted by atomic mass is 19.4. The van der Waals surface area contributed by atoms with E-state index in [-0.39, 0.29) is 40.0 Å². The van der Waals surface area contributed by atoms with Crippen LogP contribution < -0.4 is 5.43 Å². The molecule has 3 N–H and O–H groups in total. The highest BCUT2D eigenvalue weighted by molar-refractivity contribution is 5.91. The summed E-state index contributed by atoms with van der Waals surface area (Å²) < 4.78 is 44.0. The molecule has 8 heteroatoms. The number of phenols is 2. The smallest absolute Gasteiger partial charge is 0.416 e. The second-order valence-electron chi connectivity index (χ2n) is 6.77. The van der Waals surface area contributed by atoms with Crippen molar-refractivity contribution in [1.82, 2.24) is 0 Å². The lowest BCUT2D eigenvalue weighted by molar-refractivity contribution is -0.137. The fourth-order valence-electron chi connectivity index (χ4n) is 2.89. The first-order valence-electron chi connectivity index (χ1n) is 8.55. The number of hydrogen-bond acceptors (Lipinski definition) is 5. The van der Waals surface area contributed by atoms with E-state index in [1.165, 1.54) is 0 Å². The van der Waals surface area contributed by atoms with E-state index in [0.717, 1.165) is 35.9 Å². The lowest BCUT2D eigenvalue weighted by Crippen LogP contribution is -2.06. The molecule has 0 amide bonds. The summed E-state index contributed by atoms with van der Waals surface area (Å²) in [7, 11) is 0. The number of rotatable bonds is 3. The molecule has 0 saturated heterocycles. The van der Waals surface area contributed by atoms with Crippen LogP contribution in [0.1, 0.15) is 25.0 Å². The number of halogens is 3. The molecule has 0 bridgehead atoms. The molecule has 0 saturated carbocycles.